The van der Waals surface area contributed by atoms with Crippen LogP contribution in [-0.2, 0) is 6.42 Å². The van der Waals surface area contributed by atoms with E-state index in [9.17, 15) is 19.7 Å². The number of hydrogen-bond donors (Lipinski definition) is 2. The molecule has 0 bridgehead atoms. The van der Waals surface area contributed by atoms with E-state index in [1.807, 2.05) is 12.2 Å². The number of nitrogens with zero attached hydrogens (tertiary/aromatic N) is 3. The maximum atomic E-state index is 12.5. The molecule has 4 aromatic rings. The van der Waals surface area contributed by atoms with Crippen molar-refractivity contribution >= 4 is 39.9 Å². The Labute approximate surface area is 199 Å². The summed E-state index contributed by atoms with van der Waals surface area (Å²) in [5.74, 6) is 0.554. The number of rotatable bonds is 7. The summed E-state index contributed by atoms with van der Waals surface area (Å²) in [5, 5.41) is 18.4. The molecule has 0 fully saturated rings. The zero-order chi connectivity index (χ0) is 24.9. The van der Waals surface area contributed by atoms with E-state index < -0.39 is 16.5 Å². The fourth-order valence-electron chi connectivity index (χ4n) is 3.67. The predicted molar refractivity (Wildman–Crippen MR) is 133 cm³/mol. The standard InChI is InChI=1S/C25H21N5O5/c1-35-20-6-3-5-18(14-20)29(25(26)32)19-12-13-21-22(15-19)24(31)28-27-23(21)7-2-4-16-8-10-17(11-9-16)30(33)34/h2-6,8-15H,7H2,1H3,(H2,26,32)(H,28,31)/b4-2+. The van der Waals surface area contributed by atoms with Crippen molar-refractivity contribution < 1.29 is 14.5 Å². The van der Waals surface area contributed by atoms with Crippen molar-refractivity contribution in [2.45, 2.75) is 6.42 Å². The number of ether oxygens (including phenoxy) is 1. The Hall–Kier alpha value is -4.99. The minimum absolute atomic E-state index is 0.0187. The molecule has 0 aliphatic rings. The van der Waals surface area contributed by atoms with E-state index in [1.54, 1.807) is 54.6 Å². The third-order valence-corrected chi connectivity index (χ3v) is 5.37. The molecule has 0 saturated carbocycles. The van der Waals surface area contributed by atoms with Crippen molar-refractivity contribution in [1.29, 1.82) is 0 Å². The van der Waals surface area contributed by atoms with Gasteiger partial charge in [0.25, 0.3) is 11.2 Å². The highest BCUT2D eigenvalue weighted by Crippen LogP contribution is 2.30. The van der Waals surface area contributed by atoms with Crippen molar-refractivity contribution in [1.82, 2.24) is 10.2 Å². The Bertz CT molecular complexity index is 1490. The number of non-ortho nitro benzene ring substituents is 1. The Balaban J connectivity index is 1.65. The second-order valence-electron chi connectivity index (χ2n) is 7.56. The van der Waals surface area contributed by atoms with Gasteiger partial charge in [0.1, 0.15) is 5.75 Å². The van der Waals surface area contributed by atoms with E-state index >= 15 is 0 Å². The molecule has 35 heavy (non-hydrogen) atoms. The number of aromatic nitrogens is 2. The molecule has 4 rings (SSSR count). The molecule has 3 N–H and O–H groups in total. The molecule has 10 heteroatoms. The van der Waals surface area contributed by atoms with Crippen LogP contribution in [0.5, 0.6) is 5.75 Å². The van der Waals surface area contributed by atoms with Gasteiger partial charge in [-0.2, -0.15) is 5.10 Å². The molecule has 2 amide bonds. The fraction of sp³-hybridized carbons (Fsp3) is 0.0800. The van der Waals surface area contributed by atoms with Crippen molar-refractivity contribution in [3.05, 3.63) is 105 Å². The summed E-state index contributed by atoms with van der Waals surface area (Å²) < 4.78 is 5.23. The fourth-order valence-corrected chi connectivity index (χ4v) is 3.67. The van der Waals surface area contributed by atoms with E-state index in [-0.39, 0.29) is 5.69 Å². The third kappa shape index (κ3) is 5.01. The third-order valence-electron chi connectivity index (χ3n) is 5.37. The molecule has 0 aliphatic carbocycles. The number of nitro benzene ring substituents is 1. The first-order valence-electron chi connectivity index (χ1n) is 10.5. The lowest BCUT2D eigenvalue weighted by atomic mass is 10.1. The summed E-state index contributed by atoms with van der Waals surface area (Å²) in [7, 11) is 1.52. The number of H-pyrrole nitrogens is 1. The molecule has 0 radical (unpaired) electrons. The van der Waals surface area contributed by atoms with Gasteiger partial charge < -0.3 is 10.5 Å². The molecular formula is C25H21N5O5. The number of urea groups is 1. The highest BCUT2D eigenvalue weighted by atomic mass is 16.6. The van der Waals surface area contributed by atoms with Crippen LogP contribution in [0.4, 0.5) is 21.9 Å². The number of aromatic amines is 1. The van der Waals surface area contributed by atoms with Gasteiger partial charge in [-0.3, -0.25) is 19.8 Å². The summed E-state index contributed by atoms with van der Waals surface area (Å²) in [6.45, 7) is 0. The Morgan fingerprint density at radius 3 is 2.54 bits per heavy atom. The van der Waals surface area contributed by atoms with E-state index in [0.29, 0.717) is 40.0 Å². The number of benzene rings is 3. The Morgan fingerprint density at radius 2 is 1.86 bits per heavy atom. The highest BCUT2D eigenvalue weighted by Gasteiger charge is 2.17. The van der Waals surface area contributed by atoms with Gasteiger partial charge in [0.05, 0.1) is 34.5 Å². The molecule has 0 unspecified atom stereocenters. The van der Waals surface area contributed by atoms with Gasteiger partial charge in [-0.25, -0.2) is 9.89 Å². The molecule has 3 aromatic carbocycles. The normalized spacial score (nSPS) is 11.0. The summed E-state index contributed by atoms with van der Waals surface area (Å²) >= 11 is 0. The number of anilines is 2. The van der Waals surface area contributed by atoms with Crippen LogP contribution in [0.15, 0.2) is 77.6 Å². The van der Waals surface area contributed by atoms with Gasteiger partial charge in [-0.05, 0) is 42.0 Å². The molecule has 0 aliphatic heterocycles. The zero-order valence-electron chi connectivity index (χ0n) is 18.7. The topological polar surface area (TPSA) is 144 Å². The molecule has 0 atom stereocenters. The number of fused-ring (bicyclic) bond motifs is 1. The van der Waals surface area contributed by atoms with E-state index in [1.165, 1.54) is 24.1 Å². The number of amides is 2. The van der Waals surface area contributed by atoms with Crippen LogP contribution >= 0.6 is 0 Å². The minimum Gasteiger partial charge on any atom is -0.497 e. The summed E-state index contributed by atoms with van der Waals surface area (Å²) in [4.78, 5) is 36.5. The Morgan fingerprint density at radius 1 is 1.11 bits per heavy atom. The van der Waals surface area contributed by atoms with Crippen LogP contribution in [-0.4, -0.2) is 28.3 Å². The van der Waals surface area contributed by atoms with Gasteiger partial charge in [-0.1, -0.05) is 24.3 Å². The van der Waals surface area contributed by atoms with Crippen molar-refractivity contribution in [3.8, 4) is 5.75 Å². The van der Waals surface area contributed by atoms with E-state index in [4.69, 9.17) is 10.5 Å². The SMILES string of the molecule is COc1cccc(N(C(N)=O)c2ccc3c(C/C=C/c4ccc([N+](=O)[O-])cc4)n[nH]c(=O)c3c2)c1. The number of nitro groups is 1. The van der Waals surface area contributed by atoms with Crippen LogP contribution in [0.2, 0.25) is 0 Å². The number of hydrogen-bond acceptors (Lipinski definition) is 6. The van der Waals surface area contributed by atoms with Crippen LogP contribution in [0, 0.1) is 10.1 Å². The smallest absolute Gasteiger partial charge is 0.323 e. The Kier molecular flexibility index (Phi) is 6.54. The van der Waals surface area contributed by atoms with Gasteiger partial charge in [-0.15, -0.1) is 0 Å². The second-order valence-corrected chi connectivity index (χ2v) is 7.56. The summed E-state index contributed by atoms with van der Waals surface area (Å²) in [6, 6.07) is 17.3. The molecule has 176 valence electrons. The van der Waals surface area contributed by atoms with E-state index in [0.717, 1.165) is 5.56 Å². The summed E-state index contributed by atoms with van der Waals surface area (Å²) in [6.07, 6.45) is 4.06. The molecule has 10 nitrogen and oxygen atoms in total. The molecule has 0 spiro atoms. The molecular weight excluding hydrogens is 450 g/mol. The van der Waals surface area contributed by atoms with Gasteiger partial charge in [0, 0.05) is 30.0 Å². The van der Waals surface area contributed by atoms with Crippen LogP contribution in [0.3, 0.4) is 0 Å². The minimum atomic E-state index is -0.714. The number of nitrogens with one attached hydrogen (secondary N) is 1. The maximum Gasteiger partial charge on any atom is 0.323 e. The first kappa shape index (κ1) is 23.2. The molecule has 1 aromatic heterocycles. The highest BCUT2D eigenvalue weighted by molar-refractivity contribution is 6.01. The first-order chi connectivity index (χ1) is 16.9. The zero-order valence-corrected chi connectivity index (χ0v) is 18.7. The van der Waals surface area contributed by atoms with Gasteiger partial charge in [0.15, 0.2) is 0 Å². The maximum absolute atomic E-state index is 12.5. The van der Waals surface area contributed by atoms with Crippen molar-refractivity contribution in [2.24, 2.45) is 5.73 Å². The predicted octanol–water partition coefficient (Wildman–Crippen LogP) is 4.31. The summed E-state index contributed by atoms with van der Waals surface area (Å²) in [5.41, 5.74) is 7.60. The lowest BCUT2D eigenvalue weighted by Crippen LogP contribution is -2.31. The average molecular weight is 471 g/mol. The second kappa shape index (κ2) is 9.87. The van der Waals surface area contributed by atoms with Crippen molar-refractivity contribution in [2.75, 3.05) is 12.0 Å². The quantitative estimate of drug-likeness (QED) is 0.303. The molecule has 0 saturated heterocycles. The van der Waals surface area contributed by atoms with Gasteiger partial charge >= 0.3 is 6.03 Å². The average Bonchev–Trinajstić information content (AvgIpc) is 2.86. The lowest BCUT2D eigenvalue weighted by molar-refractivity contribution is -0.384. The van der Waals surface area contributed by atoms with Crippen LogP contribution < -0.4 is 20.9 Å². The monoisotopic (exact) mass is 471 g/mol. The number of carbonyl (C=O) groups is 1. The number of carbonyl (C=O) groups excluding carboxylic acids is 1. The number of primary amides is 1. The lowest BCUT2D eigenvalue weighted by Gasteiger charge is -2.21. The van der Waals surface area contributed by atoms with Gasteiger partial charge in [0.2, 0.25) is 0 Å². The van der Waals surface area contributed by atoms with Crippen LogP contribution in [0.1, 0.15) is 11.3 Å². The first-order valence-corrected chi connectivity index (χ1v) is 10.5. The largest absolute Gasteiger partial charge is 0.497 e. The van der Waals surface area contributed by atoms with Crippen LogP contribution in [0.25, 0.3) is 16.8 Å². The number of methoxy groups -OCH3 is 1. The number of allylic oxidation sites excluding steroid dienone is 1. The molecule has 1 heterocycles. The van der Waals surface area contributed by atoms with Crippen molar-refractivity contribution in [3.63, 3.8) is 0 Å². The number of nitrogens with two attached hydrogens (primary N) is 1. The van der Waals surface area contributed by atoms with E-state index in [2.05, 4.69) is 10.2 Å².